The van der Waals surface area contributed by atoms with Crippen LogP contribution < -0.4 is 15.4 Å². The van der Waals surface area contributed by atoms with Gasteiger partial charge in [-0.2, -0.15) is 13.2 Å². The summed E-state index contributed by atoms with van der Waals surface area (Å²) in [7, 11) is 1.25. The summed E-state index contributed by atoms with van der Waals surface area (Å²) < 4.78 is 43.3. The minimum Gasteiger partial charge on any atom is -0.495 e. The molecule has 0 atom stereocenters. The molecule has 2 aromatic carbocycles. The summed E-state index contributed by atoms with van der Waals surface area (Å²) in [5.41, 5.74) is -1.00. The van der Waals surface area contributed by atoms with E-state index in [2.05, 4.69) is 10.6 Å². The lowest BCUT2D eigenvalue weighted by atomic mass is 10.2. The standard InChI is InChI=1S/C16H13F3N2O4/c1-25-13-6-5-10(16(17,18)19)8-12(13)21-15(24)20-11-4-2-3-9(7-11)14(22)23/h2-8H,1H3,(H,22,23)(H2,20,21,24). The molecular formula is C16H13F3N2O4. The first-order valence-corrected chi connectivity index (χ1v) is 6.87. The predicted octanol–water partition coefficient (Wildman–Crippen LogP) is 4.06. The number of halogens is 3. The number of urea groups is 1. The van der Waals surface area contributed by atoms with Gasteiger partial charge in [0.15, 0.2) is 0 Å². The lowest BCUT2D eigenvalue weighted by Gasteiger charge is -2.14. The van der Waals surface area contributed by atoms with Crippen LogP contribution in [0.5, 0.6) is 5.75 Å². The summed E-state index contributed by atoms with van der Waals surface area (Å²) in [5.74, 6) is -1.13. The highest BCUT2D eigenvalue weighted by atomic mass is 19.4. The smallest absolute Gasteiger partial charge is 0.416 e. The van der Waals surface area contributed by atoms with E-state index < -0.39 is 23.7 Å². The molecule has 0 aliphatic heterocycles. The van der Waals surface area contributed by atoms with E-state index in [0.717, 1.165) is 18.2 Å². The highest BCUT2D eigenvalue weighted by molar-refractivity contribution is 6.01. The second kappa shape index (κ2) is 7.12. The molecule has 0 spiro atoms. The maximum atomic E-state index is 12.8. The Morgan fingerprint density at radius 1 is 1.08 bits per heavy atom. The molecule has 0 saturated carbocycles. The maximum absolute atomic E-state index is 12.8. The molecule has 132 valence electrons. The summed E-state index contributed by atoms with van der Waals surface area (Å²) in [6.07, 6.45) is -4.57. The molecule has 25 heavy (non-hydrogen) atoms. The molecule has 0 unspecified atom stereocenters. The number of rotatable bonds is 4. The Bertz CT molecular complexity index is 806. The van der Waals surface area contributed by atoms with Crippen LogP contribution in [-0.4, -0.2) is 24.2 Å². The van der Waals surface area contributed by atoms with Crippen molar-refractivity contribution in [1.29, 1.82) is 0 Å². The molecule has 2 aromatic rings. The van der Waals surface area contributed by atoms with Gasteiger partial charge in [0.05, 0.1) is 23.9 Å². The van der Waals surface area contributed by atoms with Crippen LogP contribution in [0.25, 0.3) is 0 Å². The Morgan fingerprint density at radius 2 is 1.80 bits per heavy atom. The van der Waals surface area contributed by atoms with E-state index in [1.54, 1.807) is 0 Å². The fourth-order valence-electron chi connectivity index (χ4n) is 2.00. The van der Waals surface area contributed by atoms with Crippen molar-refractivity contribution in [2.24, 2.45) is 0 Å². The van der Waals surface area contributed by atoms with Crippen molar-refractivity contribution in [1.82, 2.24) is 0 Å². The highest BCUT2D eigenvalue weighted by Gasteiger charge is 2.31. The number of methoxy groups -OCH3 is 1. The average molecular weight is 354 g/mol. The van der Waals surface area contributed by atoms with Crippen molar-refractivity contribution in [2.45, 2.75) is 6.18 Å². The van der Waals surface area contributed by atoms with Crippen LogP contribution in [0.1, 0.15) is 15.9 Å². The Hall–Kier alpha value is -3.23. The molecule has 0 fully saturated rings. The number of carboxylic acid groups (broad SMARTS) is 1. The van der Waals surface area contributed by atoms with Gasteiger partial charge >= 0.3 is 18.2 Å². The minimum atomic E-state index is -4.57. The van der Waals surface area contributed by atoms with E-state index in [0.29, 0.717) is 0 Å². The molecule has 0 aliphatic rings. The Labute approximate surface area is 140 Å². The molecule has 3 N–H and O–H groups in total. The van der Waals surface area contributed by atoms with Gasteiger partial charge in [0.2, 0.25) is 0 Å². The summed E-state index contributed by atoms with van der Waals surface area (Å²) in [4.78, 5) is 22.9. The number of nitrogens with one attached hydrogen (secondary N) is 2. The zero-order valence-corrected chi connectivity index (χ0v) is 12.8. The number of carbonyl (C=O) groups excluding carboxylic acids is 1. The van der Waals surface area contributed by atoms with Crippen molar-refractivity contribution in [3.63, 3.8) is 0 Å². The third-order valence-corrected chi connectivity index (χ3v) is 3.14. The van der Waals surface area contributed by atoms with Crippen molar-refractivity contribution in [3.8, 4) is 5.75 Å². The number of amides is 2. The largest absolute Gasteiger partial charge is 0.495 e. The number of aromatic carboxylic acids is 1. The lowest BCUT2D eigenvalue weighted by Crippen LogP contribution is -2.20. The molecule has 6 nitrogen and oxygen atoms in total. The minimum absolute atomic E-state index is 0.0439. The predicted molar refractivity (Wildman–Crippen MR) is 84.0 cm³/mol. The first kappa shape index (κ1) is 18.1. The van der Waals surface area contributed by atoms with Gasteiger partial charge in [-0.05, 0) is 36.4 Å². The summed E-state index contributed by atoms with van der Waals surface area (Å²) in [6.45, 7) is 0. The second-order valence-electron chi connectivity index (χ2n) is 4.88. The third-order valence-electron chi connectivity index (χ3n) is 3.14. The zero-order chi connectivity index (χ0) is 18.6. The van der Waals surface area contributed by atoms with Crippen LogP contribution in [0.15, 0.2) is 42.5 Å². The van der Waals surface area contributed by atoms with Gasteiger partial charge < -0.3 is 20.5 Å². The summed E-state index contributed by atoms with van der Waals surface area (Å²) in [5, 5.41) is 13.5. The monoisotopic (exact) mass is 354 g/mol. The maximum Gasteiger partial charge on any atom is 0.416 e. The van der Waals surface area contributed by atoms with Gasteiger partial charge in [0, 0.05) is 5.69 Å². The SMILES string of the molecule is COc1ccc(C(F)(F)F)cc1NC(=O)Nc1cccc(C(=O)O)c1. The van der Waals surface area contributed by atoms with E-state index >= 15 is 0 Å². The number of carboxylic acids is 1. The third kappa shape index (κ3) is 4.63. The Morgan fingerprint density at radius 3 is 2.40 bits per heavy atom. The molecule has 9 heteroatoms. The van der Waals surface area contributed by atoms with Crippen molar-refractivity contribution < 1.29 is 32.6 Å². The van der Waals surface area contributed by atoms with Crippen LogP contribution in [0, 0.1) is 0 Å². The fourth-order valence-corrected chi connectivity index (χ4v) is 2.00. The van der Waals surface area contributed by atoms with Gasteiger partial charge in [-0.1, -0.05) is 6.07 Å². The van der Waals surface area contributed by atoms with Crippen LogP contribution in [0.4, 0.5) is 29.3 Å². The van der Waals surface area contributed by atoms with E-state index in [1.165, 1.54) is 31.4 Å². The number of benzene rings is 2. The topological polar surface area (TPSA) is 87.7 Å². The number of alkyl halides is 3. The summed E-state index contributed by atoms with van der Waals surface area (Å²) in [6, 6.07) is 7.22. The van der Waals surface area contributed by atoms with Crippen LogP contribution >= 0.6 is 0 Å². The van der Waals surface area contributed by atoms with Crippen LogP contribution in [0.3, 0.4) is 0 Å². The Balaban J connectivity index is 2.20. The zero-order valence-electron chi connectivity index (χ0n) is 12.8. The quantitative estimate of drug-likeness (QED) is 0.773. The van der Waals surface area contributed by atoms with E-state index in [9.17, 15) is 22.8 Å². The van der Waals surface area contributed by atoms with Crippen molar-refractivity contribution >= 4 is 23.4 Å². The van der Waals surface area contributed by atoms with E-state index in [4.69, 9.17) is 9.84 Å². The molecule has 0 saturated heterocycles. The first-order chi connectivity index (χ1) is 11.7. The van der Waals surface area contributed by atoms with Crippen LogP contribution in [-0.2, 0) is 6.18 Å². The molecular weight excluding hydrogens is 341 g/mol. The van der Waals surface area contributed by atoms with Crippen molar-refractivity contribution in [3.05, 3.63) is 53.6 Å². The van der Waals surface area contributed by atoms with Gasteiger partial charge in [0.1, 0.15) is 5.75 Å². The normalized spacial score (nSPS) is 10.9. The first-order valence-electron chi connectivity index (χ1n) is 6.87. The highest BCUT2D eigenvalue weighted by Crippen LogP contribution is 2.34. The average Bonchev–Trinajstić information content (AvgIpc) is 2.54. The number of hydrogen-bond donors (Lipinski definition) is 3. The van der Waals surface area contributed by atoms with Gasteiger partial charge in [-0.3, -0.25) is 0 Å². The molecule has 0 aliphatic carbocycles. The number of hydrogen-bond acceptors (Lipinski definition) is 3. The van der Waals surface area contributed by atoms with E-state index in [1.807, 2.05) is 0 Å². The number of carbonyl (C=O) groups is 2. The molecule has 0 heterocycles. The van der Waals surface area contributed by atoms with Crippen molar-refractivity contribution in [2.75, 3.05) is 17.7 Å². The number of ether oxygens (including phenoxy) is 1. The molecule has 0 bridgehead atoms. The molecule has 0 aromatic heterocycles. The second-order valence-corrected chi connectivity index (χ2v) is 4.88. The van der Waals surface area contributed by atoms with Gasteiger partial charge in [0.25, 0.3) is 0 Å². The number of anilines is 2. The van der Waals surface area contributed by atoms with E-state index in [-0.39, 0.29) is 22.7 Å². The molecule has 2 rings (SSSR count). The summed E-state index contributed by atoms with van der Waals surface area (Å²) >= 11 is 0. The lowest BCUT2D eigenvalue weighted by molar-refractivity contribution is -0.137. The fraction of sp³-hybridized carbons (Fsp3) is 0.125. The van der Waals surface area contributed by atoms with Gasteiger partial charge in [-0.15, -0.1) is 0 Å². The van der Waals surface area contributed by atoms with Crippen LogP contribution in [0.2, 0.25) is 0 Å². The molecule has 2 amide bonds. The van der Waals surface area contributed by atoms with Gasteiger partial charge in [-0.25, -0.2) is 9.59 Å². The molecule has 0 radical (unpaired) electrons. The Kier molecular flexibility index (Phi) is 5.16.